The number of ether oxygens (including phenoxy) is 3. The lowest BCUT2D eigenvalue weighted by Gasteiger charge is -2.30. The van der Waals surface area contributed by atoms with Crippen molar-refractivity contribution >= 4 is 23.3 Å². The van der Waals surface area contributed by atoms with Crippen LogP contribution in [0.3, 0.4) is 0 Å². The van der Waals surface area contributed by atoms with E-state index in [1.54, 1.807) is 37.6 Å². The molecule has 1 N–H and O–H groups in total. The van der Waals surface area contributed by atoms with Crippen LogP contribution in [-0.2, 0) is 22.5 Å². The highest BCUT2D eigenvalue weighted by Crippen LogP contribution is 2.28. The number of rotatable bonds is 13. The van der Waals surface area contributed by atoms with Crippen molar-refractivity contribution < 1.29 is 23.8 Å². The van der Waals surface area contributed by atoms with Crippen molar-refractivity contribution in [2.75, 3.05) is 47.6 Å². The lowest BCUT2D eigenvalue weighted by Crippen LogP contribution is -2.52. The summed E-state index contributed by atoms with van der Waals surface area (Å²) in [4.78, 5) is 30.9. The minimum atomic E-state index is -0.399. The molecule has 0 aliphatic rings. The highest BCUT2D eigenvalue weighted by molar-refractivity contribution is 7.09. The predicted molar refractivity (Wildman–Crippen MR) is 139 cm³/mol. The Labute approximate surface area is 213 Å². The molecule has 0 radical (unpaired) electrons. The summed E-state index contributed by atoms with van der Waals surface area (Å²) in [5, 5.41) is 4.97. The van der Waals surface area contributed by atoms with Gasteiger partial charge in [0.2, 0.25) is 5.91 Å². The largest absolute Gasteiger partial charge is 0.493 e. The second-order valence-electron chi connectivity index (χ2n) is 9.28. The molecule has 35 heavy (non-hydrogen) atoms. The fourth-order valence-corrected chi connectivity index (χ4v) is 4.22. The molecule has 9 heteroatoms. The van der Waals surface area contributed by atoms with Gasteiger partial charge in [-0.2, -0.15) is 0 Å². The third-order valence-electron chi connectivity index (χ3n) is 5.27. The van der Waals surface area contributed by atoms with Crippen LogP contribution in [0.4, 0.5) is 4.79 Å². The standard InChI is InChI=1S/C26H39N3O5S/c1-26(2,3)27-25(31)29(13-8-15-32-4)19-24(30)28(18-21-9-7-16-35-21)14-12-20-10-11-22(33-5)23(17-20)34-6/h7,9-11,16-17H,8,12-15,18-19H2,1-6H3,(H,27,31). The minimum Gasteiger partial charge on any atom is -0.493 e. The second kappa shape index (κ2) is 13.9. The average Bonchev–Trinajstić information content (AvgIpc) is 3.33. The van der Waals surface area contributed by atoms with E-state index in [4.69, 9.17) is 14.2 Å². The van der Waals surface area contributed by atoms with E-state index in [9.17, 15) is 9.59 Å². The van der Waals surface area contributed by atoms with Crippen molar-refractivity contribution in [2.45, 2.75) is 45.7 Å². The summed E-state index contributed by atoms with van der Waals surface area (Å²) in [5.41, 5.74) is 0.637. The molecule has 1 aromatic heterocycles. The molecule has 0 aliphatic carbocycles. The van der Waals surface area contributed by atoms with Gasteiger partial charge in [-0.3, -0.25) is 4.79 Å². The van der Waals surface area contributed by atoms with Gasteiger partial charge in [0.1, 0.15) is 6.54 Å². The Kier molecular flexibility index (Phi) is 11.3. The van der Waals surface area contributed by atoms with Gasteiger partial charge in [0.05, 0.1) is 20.8 Å². The second-order valence-corrected chi connectivity index (χ2v) is 10.3. The molecule has 0 bridgehead atoms. The van der Waals surface area contributed by atoms with Crippen LogP contribution in [0, 0.1) is 0 Å². The maximum atomic E-state index is 13.5. The van der Waals surface area contributed by atoms with E-state index in [0.717, 1.165) is 10.4 Å². The van der Waals surface area contributed by atoms with Crippen LogP contribution in [0.15, 0.2) is 35.7 Å². The van der Waals surface area contributed by atoms with Gasteiger partial charge in [0, 0.05) is 37.2 Å². The summed E-state index contributed by atoms with van der Waals surface area (Å²) in [6, 6.07) is 9.52. The number of carbonyl (C=O) groups excluding carboxylic acids is 2. The first-order chi connectivity index (χ1) is 16.7. The Morgan fingerprint density at radius 1 is 1.00 bits per heavy atom. The molecule has 2 aromatic rings. The molecule has 0 saturated heterocycles. The summed E-state index contributed by atoms with van der Waals surface area (Å²) >= 11 is 1.61. The maximum absolute atomic E-state index is 13.5. The molecule has 0 unspecified atom stereocenters. The molecule has 0 spiro atoms. The van der Waals surface area contributed by atoms with Crippen LogP contribution in [0.5, 0.6) is 11.5 Å². The third-order valence-corrected chi connectivity index (χ3v) is 6.13. The van der Waals surface area contributed by atoms with Crippen molar-refractivity contribution in [1.29, 1.82) is 0 Å². The van der Waals surface area contributed by atoms with Gasteiger partial charge >= 0.3 is 6.03 Å². The number of amides is 3. The Bertz CT molecular complexity index is 928. The monoisotopic (exact) mass is 505 g/mol. The lowest BCUT2D eigenvalue weighted by molar-refractivity contribution is -0.132. The molecular formula is C26H39N3O5S. The number of hydrogen-bond donors (Lipinski definition) is 1. The van der Waals surface area contributed by atoms with Gasteiger partial charge in [-0.05, 0) is 62.8 Å². The number of urea groups is 1. The molecule has 194 valence electrons. The normalized spacial score (nSPS) is 11.1. The number of hydrogen-bond acceptors (Lipinski definition) is 6. The molecule has 0 aliphatic heterocycles. The zero-order valence-electron chi connectivity index (χ0n) is 21.8. The van der Waals surface area contributed by atoms with Gasteiger partial charge in [-0.25, -0.2) is 4.79 Å². The topological polar surface area (TPSA) is 80.3 Å². The molecule has 1 heterocycles. The van der Waals surface area contributed by atoms with Crippen molar-refractivity contribution in [3.63, 3.8) is 0 Å². The highest BCUT2D eigenvalue weighted by Gasteiger charge is 2.24. The van der Waals surface area contributed by atoms with E-state index < -0.39 is 5.54 Å². The number of benzene rings is 1. The van der Waals surface area contributed by atoms with E-state index in [1.165, 1.54) is 0 Å². The zero-order chi connectivity index (χ0) is 25.8. The molecule has 0 atom stereocenters. The van der Waals surface area contributed by atoms with Crippen LogP contribution in [0.25, 0.3) is 0 Å². The van der Waals surface area contributed by atoms with Crippen LogP contribution in [0.1, 0.15) is 37.6 Å². The SMILES string of the molecule is COCCCN(CC(=O)N(CCc1ccc(OC)c(OC)c1)Cc1cccs1)C(=O)NC(C)(C)C. The molecule has 0 saturated carbocycles. The molecule has 2 rings (SSSR count). The van der Waals surface area contributed by atoms with Crippen molar-refractivity contribution in [1.82, 2.24) is 15.1 Å². The molecule has 8 nitrogen and oxygen atoms in total. The van der Waals surface area contributed by atoms with Crippen LogP contribution in [0.2, 0.25) is 0 Å². The number of nitrogens with zero attached hydrogens (tertiary/aromatic N) is 2. The van der Waals surface area contributed by atoms with Gasteiger partial charge in [-0.1, -0.05) is 12.1 Å². The number of thiophene rings is 1. The first-order valence-corrected chi connectivity index (χ1v) is 12.6. The van der Waals surface area contributed by atoms with Crippen molar-refractivity contribution in [3.8, 4) is 11.5 Å². The Morgan fingerprint density at radius 2 is 1.74 bits per heavy atom. The lowest BCUT2D eigenvalue weighted by atomic mass is 10.1. The molecule has 3 amide bonds. The van der Waals surface area contributed by atoms with E-state index >= 15 is 0 Å². The predicted octanol–water partition coefficient (Wildman–Crippen LogP) is 4.18. The fraction of sp³-hybridized carbons (Fsp3) is 0.538. The van der Waals surface area contributed by atoms with Crippen LogP contribution >= 0.6 is 11.3 Å². The summed E-state index contributed by atoms with van der Waals surface area (Å²) in [6.07, 6.45) is 1.30. The van der Waals surface area contributed by atoms with Gasteiger partial charge in [0.15, 0.2) is 11.5 Å². The third kappa shape index (κ3) is 9.78. The fourth-order valence-electron chi connectivity index (χ4n) is 3.50. The molecular weight excluding hydrogens is 466 g/mol. The average molecular weight is 506 g/mol. The first-order valence-electron chi connectivity index (χ1n) is 11.7. The van der Waals surface area contributed by atoms with E-state index in [-0.39, 0.29) is 18.5 Å². The van der Waals surface area contributed by atoms with Crippen LogP contribution in [-0.4, -0.2) is 74.8 Å². The van der Waals surface area contributed by atoms with Crippen molar-refractivity contribution in [3.05, 3.63) is 46.2 Å². The zero-order valence-corrected chi connectivity index (χ0v) is 22.6. The van der Waals surface area contributed by atoms with E-state index in [1.807, 2.05) is 61.4 Å². The first kappa shape index (κ1) is 28.5. The van der Waals surface area contributed by atoms with E-state index in [0.29, 0.717) is 50.6 Å². The summed E-state index contributed by atoms with van der Waals surface area (Å²) in [6.45, 7) is 7.74. The minimum absolute atomic E-state index is 0.00291. The van der Waals surface area contributed by atoms with Crippen LogP contribution < -0.4 is 14.8 Å². The smallest absolute Gasteiger partial charge is 0.318 e. The Hall–Kier alpha value is -2.78. The molecule has 1 aromatic carbocycles. The van der Waals surface area contributed by atoms with Gasteiger partial charge in [-0.15, -0.1) is 11.3 Å². The Morgan fingerprint density at radius 3 is 2.34 bits per heavy atom. The highest BCUT2D eigenvalue weighted by atomic mass is 32.1. The molecule has 0 fully saturated rings. The van der Waals surface area contributed by atoms with Crippen molar-refractivity contribution in [2.24, 2.45) is 0 Å². The summed E-state index contributed by atoms with van der Waals surface area (Å²) in [5.74, 6) is 1.23. The summed E-state index contributed by atoms with van der Waals surface area (Å²) in [7, 11) is 4.84. The maximum Gasteiger partial charge on any atom is 0.318 e. The van der Waals surface area contributed by atoms with Gasteiger partial charge < -0.3 is 29.3 Å². The number of methoxy groups -OCH3 is 3. The van der Waals surface area contributed by atoms with Gasteiger partial charge in [0.25, 0.3) is 0 Å². The number of nitrogens with one attached hydrogen (secondary N) is 1. The quantitative estimate of drug-likeness (QED) is 0.413. The summed E-state index contributed by atoms with van der Waals surface area (Å²) < 4.78 is 15.9. The number of carbonyl (C=O) groups is 2. The Balaban J connectivity index is 2.16. The van der Waals surface area contributed by atoms with E-state index in [2.05, 4.69) is 5.32 Å².